The standard InChI is InChI=1S/C45H67N7O8S/c1-10-26(4)34(47-29(7)53)42(58)50-35(27(5)11-2)40(56)48-32(23-30-19-15-13-16-20-30)37(54)44(60)52-25-61-45(8,9)38(52)43(59)51-36(28(6)12-3)41(57)49-33(39(46)55)24-31-21-17-14-18-22-31/h13-22,26-28,32-38,54H,10-12,23-25H2,1-9H3,(H2,46,55)(H,47,53)(H,48,56)(H,49,57)(H,50,58)(H,51,59)/t26-,27-,28-,32-,33-,34-,35-,36-,37-,38-/m0/s1. The number of aliphatic hydroxyl groups excluding tert-OH is 1. The Bertz CT molecular complexity index is 1820. The third-order valence-electron chi connectivity index (χ3n) is 11.7. The van der Waals surface area contributed by atoms with E-state index in [0.717, 1.165) is 5.56 Å². The molecule has 0 unspecified atom stereocenters. The van der Waals surface area contributed by atoms with Crippen LogP contribution in [0.25, 0.3) is 0 Å². The summed E-state index contributed by atoms with van der Waals surface area (Å²) < 4.78 is -0.872. The molecule has 8 N–H and O–H groups in total. The van der Waals surface area contributed by atoms with Crippen LogP contribution in [-0.2, 0) is 46.4 Å². The first-order chi connectivity index (χ1) is 28.8. The smallest absolute Gasteiger partial charge is 0.254 e. The van der Waals surface area contributed by atoms with Crippen LogP contribution in [0, 0.1) is 17.8 Å². The third-order valence-corrected chi connectivity index (χ3v) is 13.1. The van der Waals surface area contributed by atoms with Gasteiger partial charge in [-0.05, 0) is 49.1 Å². The van der Waals surface area contributed by atoms with Crippen LogP contribution in [0.15, 0.2) is 60.7 Å². The van der Waals surface area contributed by atoms with Gasteiger partial charge in [0.2, 0.25) is 35.4 Å². The Labute approximate surface area is 364 Å². The maximum atomic E-state index is 14.5. The fraction of sp³-hybridized carbons (Fsp3) is 0.578. The number of thioether (sulfide) groups is 1. The minimum atomic E-state index is -1.84. The molecule has 0 radical (unpaired) electrons. The van der Waals surface area contributed by atoms with Gasteiger partial charge in [-0.15, -0.1) is 11.8 Å². The molecule has 61 heavy (non-hydrogen) atoms. The molecule has 15 nitrogen and oxygen atoms in total. The number of rotatable bonds is 22. The maximum absolute atomic E-state index is 14.5. The summed E-state index contributed by atoms with van der Waals surface area (Å²) in [4.78, 5) is 96.2. The number of aliphatic hydroxyl groups is 1. The molecule has 3 rings (SSSR count). The number of primary amides is 1. The largest absolute Gasteiger partial charge is 0.381 e. The van der Waals surface area contributed by atoms with Gasteiger partial charge in [-0.2, -0.15) is 0 Å². The average Bonchev–Trinajstić information content (AvgIpc) is 3.56. The number of nitrogens with one attached hydrogen (secondary N) is 5. The number of nitrogens with zero attached hydrogens (tertiary/aromatic N) is 1. The highest BCUT2D eigenvalue weighted by molar-refractivity contribution is 8.00. The Kier molecular flexibility index (Phi) is 19.3. The number of nitrogens with two attached hydrogens (primary N) is 1. The lowest BCUT2D eigenvalue weighted by Gasteiger charge is -2.35. The summed E-state index contributed by atoms with van der Waals surface area (Å²) in [5.41, 5.74) is 7.19. The molecule has 7 amide bonds. The van der Waals surface area contributed by atoms with Crippen LogP contribution in [0.1, 0.15) is 92.7 Å². The molecule has 0 spiro atoms. The van der Waals surface area contributed by atoms with Crippen LogP contribution in [0.4, 0.5) is 0 Å². The topological polar surface area (TPSA) is 229 Å². The average molecular weight is 866 g/mol. The molecule has 2 aromatic rings. The molecule has 0 bridgehead atoms. The summed E-state index contributed by atoms with van der Waals surface area (Å²) in [7, 11) is 0. The number of hydrogen-bond donors (Lipinski definition) is 7. The van der Waals surface area contributed by atoms with E-state index in [1.54, 1.807) is 52.0 Å². The Balaban J connectivity index is 1.92. The van der Waals surface area contributed by atoms with Crippen LogP contribution in [0.3, 0.4) is 0 Å². The molecule has 1 aliphatic heterocycles. The van der Waals surface area contributed by atoms with E-state index < -0.39 is 82.5 Å². The van der Waals surface area contributed by atoms with Crippen molar-refractivity contribution in [3.05, 3.63) is 71.8 Å². The number of carbonyl (C=O) groups is 7. The van der Waals surface area contributed by atoms with Gasteiger partial charge in [0.05, 0.1) is 11.9 Å². The van der Waals surface area contributed by atoms with E-state index in [4.69, 9.17) is 5.73 Å². The van der Waals surface area contributed by atoms with Crippen molar-refractivity contribution in [2.24, 2.45) is 23.5 Å². The minimum Gasteiger partial charge on any atom is -0.381 e. The maximum Gasteiger partial charge on any atom is 0.254 e. The summed E-state index contributed by atoms with van der Waals surface area (Å²) in [6.07, 6.45) is -0.0722. The van der Waals surface area contributed by atoms with Gasteiger partial charge < -0.3 is 42.3 Å². The second kappa shape index (κ2) is 23.3. The lowest BCUT2D eigenvalue weighted by atomic mass is 9.93. The van der Waals surface area contributed by atoms with Crippen molar-refractivity contribution in [3.8, 4) is 0 Å². The van der Waals surface area contributed by atoms with Gasteiger partial charge >= 0.3 is 0 Å². The van der Waals surface area contributed by atoms with Crippen LogP contribution in [-0.4, -0.2) is 104 Å². The molecule has 0 aliphatic carbocycles. The zero-order chi connectivity index (χ0) is 45.6. The quantitative estimate of drug-likeness (QED) is 0.0922. The number of benzene rings is 2. The molecular formula is C45H67N7O8S. The van der Waals surface area contributed by atoms with E-state index >= 15 is 0 Å². The predicted octanol–water partition coefficient (Wildman–Crippen LogP) is 2.58. The monoisotopic (exact) mass is 865 g/mol. The number of carbonyl (C=O) groups excluding carboxylic acids is 7. The second-order valence-electron chi connectivity index (χ2n) is 16.8. The molecule has 336 valence electrons. The summed E-state index contributed by atoms with van der Waals surface area (Å²) in [6.45, 7) is 15.9. The SMILES string of the molecule is CC[C@H](C)[C@H](NC(C)=O)C(=O)N[C@H](C(=O)N[C@@H](Cc1ccccc1)[C@H](O)C(=O)N1CSC(C)(C)[C@@H]1C(=O)N[C@H](C(=O)N[C@@H](Cc1ccccc1)C(N)=O)[C@@H](C)CC)[C@@H](C)CC. The lowest BCUT2D eigenvalue weighted by Crippen LogP contribution is -2.63. The summed E-state index contributed by atoms with van der Waals surface area (Å²) in [5.74, 6) is -5.30. The Morgan fingerprint density at radius 1 is 0.705 bits per heavy atom. The highest BCUT2D eigenvalue weighted by atomic mass is 32.2. The Hall–Kier alpha value is -4.96. The highest BCUT2D eigenvalue weighted by Crippen LogP contribution is 2.40. The normalized spacial score (nSPS) is 19.0. The zero-order valence-electron chi connectivity index (χ0n) is 37.0. The molecule has 1 heterocycles. The highest BCUT2D eigenvalue weighted by Gasteiger charge is 2.51. The van der Waals surface area contributed by atoms with Crippen LogP contribution in [0.2, 0.25) is 0 Å². The molecule has 0 aromatic heterocycles. The van der Waals surface area contributed by atoms with Crippen molar-refractivity contribution in [1.82, 2.24) is 31.5 Å². The van der Waals surface area contributed by atoms with E-state index in [-0.39, 0.29) is 42.4 Å². The molecule has 1 fully saturated rings. The first kappa shape index (κ1) is 50.4. The van der Waals surface area contributed by atoms with Crippen molar-refractivity contribution in [1.29, 1.82) is 0 Å². The molecule has 2 aromatic carbocycles. The minimum absolute atomic E-state index is 0.0275. The van der Waals surface area contributed by atoms with Gasteiger partial charge in [0.15, 0.2) is 6.10 Å². The molecule has 1 saturated heterocycles. The molecule has 10 atom stereocenters. The van der Waals surface area contributed by atoms with Crippen molar-refractivity contribution < 1.29 is 38.7 Å². The van der Waals surface area contributed by atoms with Crippen molar-refractivity contribution in [2.45, 2.75) is 142 Å². The lowest BCUT2D eigenvalue weighted by molar-refractivity contribution is -0.148. The van der Waals surface area contributed by atoms with E-state index in [0.29, 0.717) is 24.8 Å². The van der Waals surface area contributed by atoms with Gasteiger partial charge in [-0.3, -0.25) is 33.6 Å². The molecule has 0 saturated carbocycles. The Morgan fingerprint density at radius 2 is 1.15 bits per heavy atom. The summed E-state index contributed by atoms with van der Waals surface area (Å²) in [5, 5.41) is 25.9. The van der Waals surface area contributed by atoms with E-state index in [9.17, 15) is 38.7 Å². The molecule has 16 heteroatoms. The van der Waals surface area contributed by atoms with Gasteiger partial charge in [0.25, 0.3) is 5.91 Å². The first-order valence-electron chi connectivity index (χ1n) is 21.2. The van der Waals surface area contributed by atoms with Crippen molar-refractivity contribution in [3.63, 3.8) is 0 Å². The zero-order valence-corrected chi connectivity index (χ0v) is 37.8. The van der Waals surface area contributed by atoms with Crippen LogP contribution >= 0.6 is 11.8 Å². The predicted molar refractivity (Wildman–Crippen MR) is 236 cm³/mol. The van der Waals surface area contributed by atoms with Crippen molar-refractivity contribution in [2.75, 3.05) is 5.88 Å². The van der Waals surface area contributed by atoms with Crippen molar-refractivity contribution >= 4 is 53.1 Å². The van der Waals surface area contributed by atoms with Gasteiger partial charge in [0, 0.05) is 18.1 Å². The van der Waals surface area contributed by atoms with E-state index in [1.165, 1.54) is 23.6 Å². The number of hydrogen-bond acceptors (Lipinski definition) is 9. The molecule has 1 aliphatic rings. The Morgan fingerprint density at radius 3 is 1.62 bits per heavy atom. The van der Waals surface area contributed by atoms with Crippen LogP contribution in [0.5, 0.6) is 0 Å². The molecular weight excluding hydrogens is 799 g/mol. The van der Waals surface area contributed by atoms with E-state index in [2.05, 4.69) is 26.6 Å². The number of amides is 7. The summed E-state index contributed by atoms with van der Waals surface area (Å²) >= 11 is 1.32. The second-order valence-corrected chi connectivity index (χ2v) is 18.4. The van der Waals surface area contributed by atoms with Gasteiger partial charge in [0.1, 0.15) is 30.2 Å². The van der Waals surface area contributed by atoms with Crippen LogP contribution < -0.4 is 32.3 Å². The summed E-state index contributed by atoms with van der Waals surface area (Å²) in [6, 6.07) is 11.6. The van der Waals surface area contributed by atoms with Gasteiger partial charge in [-0.1, -0.05) is 121 Å². The fourth-order valence-corrected chi connectivity index (χ4v) is 8.41. The van der Waals surface area contributed by atoms with Gasteiger partial charge in [-0.25, -0.2) is 0 Å². The third kappa shape index (κ3) is 14.0. The fourth-order valence-electron chi connectivity index (χ4n) is 7.27. The first-order valence-corrected chi connectivity index (χ1v) is 22.2. The van der Waals surface area contributed by atoms with E-state index in [1.807, 2.05) is 64.1 Å².